The Hall–Kier alpha value is -0.590. The van der Waals surface area contributed by atoms with Crippen molar-refractivity contribution in [2.75, 3.05) is 7.05 Å². The monoisotopic (exact) mass is 185 g/mol. The smallest absolute Gasteiger partial charge is 0.0277 e. The van der Waals surface area contributed by atoms with Gasteiger partial charge in [0.05, 0.1) is 0 Å². The lowest BCUT2D eigenvalue weighted by atomic mass is 10.1. The maximum Gasteiger partial charge on any atom is 0.0277 e. The van der Waals surface area contributed by atoms with Crippen molar-refractivity contribution >= 4 is 6.21 Å². The Kier molecular flexibility index (Phi) is 24.5. The summed E-state index contributed by atoms with van der Waals surface area (Å²) < 4.78 is 0. The van der Waals surface area contributed by atoms with E-state index in [1.807, 2.05) is 33.9 Å². The minimum absolute atomic E-state index is 0.628. The minimum atomic E-state index is 0.628. The number of allylic oxidation sites excluding steroid dienone is 2. The fourth-order valence-corrected chi connectivity index (χ4v) is 0.772. The molecule has 1 heteroatoms. The normalized spacial score (nSPS) is 10.4. The number of hydrogen-bond donors (Lipinski definition) is 0. The fourth-order valence-electron chi connectivity index (χ4n) is 0.772. The van der Waals surface area contributed by atoms with Crippen LogP contribution in [0.5, 0.6) is 0 Å². The standard InChI is InChI=1S/C8H15N.2C2H6/c1-7(2)5-8(3)6-9-4;2*1-2/h5-7H,1-4H3;2*1-2H3/b8-5-,9-6?;;. The van der Waals surface area contributed by atoms with E-state index < -0.39 is 0 Å². The summed E-state index contributed by atoms with van der Waals surface area (Å²) in [5.41, 5.74) is 1.24. The van der Waals surface area contributed by atoms with Crippen molar-refractivity contribution in [3.63, 3.8) is 0 Å². The quantitative estimate of drug-likeness (QED) is 0.567. The second-order valence-electron chi connectivity index (χ2n) is 2.54. The van der Waals surface area contributed by atoms with Gasteiger partial charge in [-0.15, -0.1) is 0 Å². The lowest BCUT2D eigenvalue weighted by molar-refractivity contribution is 0.827. The molecule has 0 aliphatic carbocycles. The molecule has 0 bridgehead atoms. The maximum absolute atomic E-state index is 3.90. The maximum atomic E-state index is 3.90. The van der Waals surface area contributed by atoms with Gasteiger partial charge < -0.3 is 0 Å². The van der Waals surface area contributed by atoms with Crippen LogP contribution in [0.15, 0.2) is 16.6 Å². The zero-order chi connectivity index (χ0) is 11.3. The molecule has 0 saturated heterocycles. The molecule has 1 nitrogen and oxygen atoms in total. The highest BCUT2D eigenvalue weighted by Gasteiger charge is 1.85. The molecule has 0 unspecified atom stereocenters. The highest BCUT2D eigenvalue weighted by molar-refractivity contribution is 5.77. The highest BCUT2D eigenvalue weighted by atomic mass is 14.6. The molecule has 0 aliphatic heterocycles. The van der Waals surface area contributed by atoms with Gasteiger partial charge in [-0.25, -0.2) is 0 Å². The molecule has 0 aromatic carbocycles. The Morgan fingerprint density at radius 1 is 1.08 bits per heavy atom. The summed E-state index contributed by atoms with van der Waals surface area (Å²) in [7, 11) is 1.79. The molecule has 0 N–H and O–H groups in total. The lowest BCUT2D eigenvalue weighted by Gasteiger charge is -1.94. The van der Waals surface area contributed by atoms with Crippen LogP contribution < -0.4 is 0 Å². The molecule has 0 spiro atoms. The predicted octanol–water partition coefficient (Wildman–Crippen LogP) is 4.34. The van der Waals surface area contributed by atoms with Crippen LogP contribution in [0, 0.1) is 5.92 Å². The van der Waals surface area contributed by atoms with E-state index in [2.05, 4.69) is 31.8 Å². The fraction of sp³-hybridized carbons (Fsp3) is 0.750. The van der Waals surface area contributed by atoms with E-state index >= 15 is 0 Å². The molecule has 0 aromatic rings. The molecule has 80 valence electrons. The van der Waals surface area contributed by atoms with Crippen molar-refractivity contribution in [1.82, 2.24) is 0 Å². The van der Waals surface area contributed by atoms with Crippen LogP contribution in [0.3, 0.4) is 0 Å². The zero-order valence-corrected chi connectivity index (χ0v) is 10.7. The van der Waals surface area contributed by atoms with Gasteiger partial charge in [0.25, 0.3) is 0 Å². The van der Waals surface area contributed by atoms with Crippen LogP contribution >= 0.6 is 0 Å². The van der Waals surface area contributed by atoms with Crippen LogP contribution in [-0.2, 0) is 0 Å². The molecule has 0 rings (SSSR count). The van der Waals surface area contributed by atoms with Crippen LogP contribution in [0.4, 0.5) is 0 Å². The van der Waals surface area contributed by atoms with Gasteiger partial charge in [-0.3, -0.25) is 4.99 Å². The van der Waals surface area contributed by atoms with Gasteiger partial charge in [0.15, 0.2) is 0 Å². The minimum Gasteiger partial charge on any atom is -0.296 e. The van der Waals surface area contributed by atoms with E-state index in [0.29, 0.717) is 5.92 Å². The van der Waals surface area contributed by atoms with Crippen molar-refractivity contribution in [3.8, 4) is 0 Å². The second-order valence-corrected chi connectivity index (χ2v) is 2.54. The number of aliphatic imine (C=N–C) groups is 1. The van der Waals surface area contributed by atoms with Crippen LogP contribution in [0.25, 0.3) is 0 Å². The zero-order valence-electron chi connectivity index (χ0n) is 10.7. The van der Waals surface area contributed by atoms with Crippen molar-refractivity contribution in [2.45, 2.75) is 48.5 Å². The Labute approximate surface area is 85.0 Å². The van der Waals surface area contributed by atoms with E-state index in [9.17, 15) is 0 Å². The van der Waals surface area contributed by atoms with Gasteiger partial charge >= 0.3 is 0 Å². The molecule has 0 fully saturated rings. The third-order valence-corrected chi connectivity index (χ3v) is 0.929. The average Bonchev–Trinajstić information content (AvgIpc) is 2.10. The largest absolute Gasteiger partial charge is 0.296 e. The number of nitrogens with zero attached hydrogens (tertiary/aromatic N) is 1. The van der Waals surface area contributed by atoms with Gasteiger partial charge in [-0.2, -0.15) is 0 Å². The Morgan fingerprint density at radius 2 is 1.46 bits per heavy atom. The first-order valence-electron chi connectivity index (χ1n) is 5.27. The summed E-state index contributed by atoms with van der Waals surface area (Å²) in [6.07, 6.45) is 4.06. The van der Waals surface area contributed by atoms with Crippen molar-refractivity contribution < 1.29 is 0 Å². The molecule has 0 atom stereocenters. The van der Waals surface area contributed by atoms with E-state index in [4.69, 9.17) is 0 Å². The molecule has 0 amide bonds. The van der Waals surface area contributed by atoms with Gasteiger partial charge in [-0.05, 0) is 18.4 Å². The summed E-state index contributed by atoms with van der Waals surface area (Å²) >= 11 is 0. The first-order valence-corrected chi connectivity index (χ1v) is 5.27. The molecule has 0 aliphatic rings. The summed E-state index contributed by atoms with van der Waals surface area (Å²) in [5.74, 6) is 0.628. The van der Waals surface area contributed by atoms with Crippen molar-refractivity contribution in [1.29, 1.82) is 0 Å². The van der Waals surface area contributed by atoms with E-state index in [-0.39, 0.29) is 0 Å². The van der Waals surface area contributed by atoms with Crippen molar-refractivity contribution in [2.24, 2.45) is 10.9 Å². The predicted molar refractivity (Wildman–Crippen MR) is 65.7 cm³/mol. The molecule has 0 radical (unpaired) electrons. The van der Waals surface area contributed by atoms with Gasteiger partial charge in [0.1, 0.15) is 0 Å². The summed E-state index contributed by atoms with van der Waals surface area (Å²) in [4.78, 5) is 3.90. The molecule has 0 heterocycles. The first kappa shape index (κ1) is 18.2. The Morgan fingerprint density at radius 3 is 1.69 bits per heavy atom. The van der Waals surface area contributed by atoms with E-state index in [1.165, 1.54) is 5.57 Å². The van der Waals surface area contributed by atoms with Gasteiger partial charge in [0, 0.05) is 13.3 Å². The average molecular weight is 185 g/mol. The van der Waals surface area contributed by atoms with Crippen LogP contribution in [-0.4, -0.2) is 13.3 Å². The first-order chi connectivity index (χ1) is 6.16. The van der Waals surface area contributed by atoms with Crippen LogP contribution in [0.2, 0.25) is 0 Å². The summed E-state index contributed by atoms with van der Waals surface area (Å²) in [5, 5.41) is 0. The third-order valence-electron chi connectivity index (χ3n) is 0.929. The van der Waals surface area contributed by atoms with Gasteiger partial charge in [-0.1, -0.05) is 47.6 Å². The topological polar surface area (TPSA) is 12.4 Å². The van der Waals surface area contributed by atoms with Gasteiger partial charge in [0.2, 0.25) is 0 Å². The molecule has 0 saturated carbocycles. The van der Waals surface area contributed by atoms with Crippen LogP contribution in [0.1, 0.15) is 48.5 Å². The Bertz CT molecular complexity index is 121. The number of rotatable bonds is 2. The highest BCUT2D eigenvalue weighted by Crippen LogP contribution is 1.98. The molecular weight excluding hydrogens is 158 g/mol. The van der Waals surface area contributed by atoms with Crippen molar-refractivity contribution in [3.05, 3.63) is 11.6 Å². The van der Waals surface area contributed by atoms with E-state index in [1.54, 1.807) is 7.05 Å². The lowest BCUT2D eigenvalue weighted by Crippen LogP contribution is -1.83. The molecule has 0 aromatic heterocycles. The second kappa shape index (κ2) is 17.5. The third kappa shape index (κ3) is 24.6. The van der Waals surface area contributed by atoms with E-state index in [0.717, 1.165) is 0 Å². The summed E-state index contributed by atoms with van der Waals surface area (Å²) in [6.45, 7) is 14.4. The number of hydrogen-bond acceptors (Lipinski definition) is 1. The SMILES string of the molecule is CC.CC.CN=C/C(C)=C\C(C)C. The molecule has 13 heavy (non-hydrogen) atoms. The molecular formula is C12H27N. The Balaban J connectivity index is -0.000000218. The summed E-state index contributed by atoms with van der Waals surface area (Å²) in [6, 6.07) is 0.